The molecular formula is C25H32N4OS. The standard InChI is InChI=1S/C25H32N4OS/c1-7-18(3)26-22(30)16-31-24-28-27-23(29(24)21-14-8-17(2)9-15-21)19-10-12-20(13-11-19)25(4,5)6/h8-15,18H,7,16H2,1-6H3,(H,26,30)/t18-/m0/s1. The maximum Gasteiger partial charge on any atom is 0.230 e. The van der Waals surface area contributed by atoms with Gasteiger partial charge in [0, 0.05) is 17.3 Å². The largest absolute Gasteiger partial charge is 0.353 e. The number of carbonyl (C=O) groups is 1. The van der Waals surface area contributed by atoms with E-state index in [1.54, 1.807) is 0 Å². The minimum atomic E-state index is 0.00823. The van der Waals surface area contributed by atoms with Crippen LogP contribution in [0, 0.1) is 6.92 Å². The lowest BCUT2D eigenvalue weighted by Crippen LogP contribution is -2.33. The maximum absolute atomic E-state index is 12.3. The number of aryl methyl sites for hydroxylation is 1. The number of hydrogen-bond donors (Lipinski definition) is 1. The first-order valence-electron chi connectivity index (χ1n) is 10.7. The fourth-order valence-corrected chi connectivity index (χ4v) is 3.91. The van der Waals surface area contributed by atoms with E-state index < -0.39 is 0 Å². The molecule has 31 heavy (non-hydrogen) atoms. The Labute approximate surface area is 189 Å². The zero-order chi connectivity index (χ0) is 22.6. The van der Waals surface area contributed by atoms with E-state index in [9.17, 15) is 4.79 Å². The zero-order valence-corrected chi connectivity index (χ0v) is 20.1. The zero-order valence-electron chi connectivity index (χ0n) is 19.3. The van der Waals surface area contributed by atoms with Gasteiger partial charge in [-0.25, -0.2) is 0 Å². The van der Waals surface area contributed by atoms with E-state index in [0.717, 1.165) is 23.5 Å². The van der Waals surface area contributed by atoms with Crippen LogP contribution in [-0.4, -0.2) is 32.5 Å². The quantitative estimate of drug-likeness (QED) is 0.494. The first kappa shape index (κ1) is 23.1. The second-order valence-corrected chi connectivity index (χ2v) is 9.91. The lowest BCUT2D eigenvalue weighted by molar-refractivity contribution is -0.119. The van der Waals surface area contributed by atoms with Crippen molar-refractivity contribution in [1.82, 2.24) is 20.1 Å². The van der Waals surface area contributed by atoms with E-state index in [4.69, 9.17) is 0 Å². The summed E-state index contributed by atoms with van der Waals surface area (Å²) >= 11 is 1.41. The van der Waals surface area contributed by atoms with E-state index in [2.05, 4.69) is 98.7 Å². The van der Waals surface area contributed by atoms with Gasteiger partial charge in [0.2, 0.25) is 5.91 Å². The molecule has 0 aliphatic carbocycles. The molecule has 1 N–H and O–H groups in total. The number of nitrogens with zero attached hydrogens (tertiary/aromatic N) is 3. The second kappa shape index (κ2) is 9.69. The maximum atomic E-state index is 12.3. The summed E-state index contributed by atoms with van der Waals surface area (Å²) in [6.45, 7) is 12.7. The highest BCUT2D eigenvalue weighted by Gasteiger charge is 2.19. The summed E-state index contributed by atoms with van der Waals surface area (Å²) in [6.07, 6.45) is 0.907. The highest BCUT2D eigenvalue weighted by atomic mass is 32.2. The number of thioether (sulfide) groups is 1. The van der Waals surface area contributed by atoms with Crippen molar-refractivity contribution in [3.8, 4) is 17.1 Å². The van der Waals surface area contributed by atoms with Gasteiger partial charge in [-0.15, -0.1) is 10.2 Å². The molecule has 2 aromatic carbocycles. The van der Waals surface area contributed by atoms with Gasteiger partial charge in [0.25, 0.3) is 0 Å². The monoisotopic (exact) mass is 436 g/mol. The van der Waals surface area contributed by atoms with Gasteiger partial charge < -0.3 is 5.32 Å². The van der Waals surface area contributed by atoms with Crippen molar-refractivity contribution >= 4 is 17.7 Å². The van der Waals surface area contributed by atoms with E-state index >= 15 is 0 Å². The van der Waals surface area contributed by atoms with Crippen LogP contribution < -0.4 is 5.32 Å². The highest BCUT2D eigenvalue weighted by molar-refractivity contribution is 7.99. The molecule has 3 rings (SSSR count). The number of rotatable bonds is 7. The van der Waals surface area contributed by atoms with E-state index in [1.165, 1.54) is 22.9 Å². The predicted molar refractivity (Wildman–Crippen MR) is 129 cm³/mol. The topological polar surface area (TPSA) is 59.8 Å². The van der Waals surface area contributed by atoms with Gasteiger partial charge in [0.15, 0.2) is 11.0 Å². The Kier molecular flexibility index (Phi) is 7.21. The van der Waals surface area contributed by atoms with Crippen LogP contribution >= 0.6 is 11.8 Å². The summed E-state index contributed by atoms with van der Waals surface area (Å²) in [5, 5.41) is 12.6. The normalized spacial score (nSPS) is 12.6. The van der Waals surface area contributed by atoms with Gasteiger partial charge in [-0.2, -0.15) is 0 Å². The van der Waals surface area contributed by atoms with Crippen molar-refractivity contribution in [2.75, 3.05) is 5.75 Å². The van der Waals surface area contributed by atoms with Crippen LogP contribution in [-0.2, 0) is 10.2 Å². The van der Waals surface area contributed by atoms with E-state index in [1.807, 2.05) is 11.5 Å². The third-order valence-electron chi connectivity index (χ3n) is 5.29. The molecule has 0 radical (unpaired) electrons. The van der Waals surface area contributed by atoms with Gasteiger partial charge in [0.05, 0.1) is 5.75 Å². The summed E-state index contributed by atoms with van der Waals surface area (Å²) in [6, 6.07) is 16.9. The third kappa shape index (κ3) is 5.76. The van der Waals surface area contributed by atoms with Crippen molar-refractivity contribution in [2.45, 2.75) is 64.6 Å². The van der Waals surface area contributed by atoms with Gasteiger partial charge in [-0.1, -0.05) is 81.4 Å². The summed E-state index contributed by atoms with van der Waals surface area (Å²) in [7, 11) is 0. The van der Waals surface area contributed by atoms with Crippen LogP contribution in [0.1, 0.15) is 52.2 Å². The van der Waals surface area contributed by atoms with Crippen LogP contribution in [0.3, 0.4) is 0 Å². The van der Waals surface area contributed by atoms with Gasteiger partial charge in [-0.05, 0) is 43.4 Å². The van der Waals surface area contributed by atoms with Crippen molar-refractivity contribution in [1.29, 1.82) is 0 Å². The fourth-order valence-electron chi connectivity index (χ4n) is 3.14. The number of carbonyl (C=O) groups excluding carboxylic acids is 1. The summed E-state index contributed by atoms with van der Waals surface area (Å²) in [5.41, 5.74) is 4.53. The smallest absolute Gasteiger partial charge is 0.230 e. The van der Waals surface area contributed by atoms with Crippen molar-refractivity contribution in [3.63, 3.8) is 0 Å². The molecule has 1 amide bonds. The summed E-state index contributed by atoms with van der Waals surface area (Å²) in [4.78, 5) is 12.3. The average Bonchev–Trinajstić information content (AvgIpc) is 3.16. The fraction of sp³-hybridized carbons (Fsp3) is 0.400. The third-order valence-corrected chi connectivity index (χ3v) is 6.22. The molecule has 0 spiro atoms. The van der Waals surface area contributed by atoms with Crippen LogP contribution in [0.15, 0.2) is 53.7 Å². The Morgan fingerprint density at radius 2 is 1.71 bits per heavy atom. The van der Waals surface area contributed by atoms with Crippen LogP contribution in [0.5, 0.6) is 0 Å². The molecule has 3 aromatic rings. The van der Waals surface area contributed by atoms with Crippen LogP contribution in [0.2, 0.25) is 0 Å². The van der Waals surface area contributed by atoms with Gasteiger partial charge in [0.1, 0.15) is 0 Å². The van der Waals surface area contributed by atoms with E-state index in [-0.39, 0.29) is 17.4 Å². The molecule has 0 unspecified atom stereocenters. The molecule has 0 saturated carbocycles. The summed E-state index contributed by atoms with van der Waals surface area (Å²) < 4.78 is 2.03. The number of hydrogen-bond acceptors (Lipinski definition) is 4. The first-order chi connectivity index (χ1) is 14.7. The molecule has 1 aromatic heterocycles. The minimum absolute atomic E-state index is 0.00823. The number of nitrogens with one attached hydrogen (secondary N) is 1. The second-order valence-electron chi connectivity index (χ2n) is 8.97. The average molecular weight is 437 g/mol. The molecule has 0 fully saturated rings. The van der Waals surface area contributed by atoms with Gasteiger partial charge >= 0.3 is 0 Å². The molecule has 0 bridgehead atoms. The molecule has 5 nitrogen and oxygen atoms in total. The molecule has 1 atom stereocenters. The number of benzene rings is 2. The van der Waals surface area contributed by atoms with Crippen molar-refractivity contribution in [3.05, 3.63) is 59.7 Å². The Bertz CT molecular complexity index is 1020. The number of aromatic nitrogens is 3. The molecular weight excluding hydrogens is 404 g/mol. The minimum Gasteiger partial charge on any atom is -0.353 e. The van der Waals surface area contributed by atoms with Crippen molar-refractivity contribution < 1.29 is 4.79 Å². The SMILES string of the molecule is CC[C@H](C)NC(=O)CSc1nnc(-c2ccc(C(C)(C)C)cc2)n1-c1ccc(C)cc1. The van der Waals surface area contributed by atoms with Gasteiger partial charge in [-0.3, -0.25) is 9.36 Å². The highest BCUT2D eigenvalue weighted by Crippen LogP contribution is 2.30. The Balaban J connectivity index is 1.94. The molecule has 6 heteroatoms. The molecule has 0 aliphatic rings. The molecule has 0 saturated heterocycles. The molecule has 1 heterocycles. The van der Waals surface area contributed by atoms with E-state index in [0.29, 0.717) is 10.9 Å². The molecule has 0 aliphatic heterocycles. The molecule has 164 valence electrons. The Morgan fingerprint density at radius 1 is 1.06 bits per heavy atom. The van der Waals surface area contributed by atoms with Crippen LogP contribution in [0.25, 0.3) is 17.1 Å². The van der Waals surface area contributed by atoms with Crippen LogP contribution in [0.4, 0.5) is 0 Å². The summed E-state index contributed by atoms with van der Waals surface area (Å²) in [5.74, 6) is 1.08. The lowest BCUT2D eigenvalue weighted by Gasteiger charge is -2.19. The predicted octanol–water partition coefficient (Wildman–Crippen LogP) is 5.55. The van der Waals surface area contributed by atoms with Crippen molar-refractivity contribution in [2.24, 2.45) is 0 Å². The first-order valence-corrected chi connectivity index (χ1v) is 11.7. The Morgan fingerprint density at radius 3 is 2.29 bits per heavy atom. The lowest BCUT2D eigenvalue weighted by atomic mass is 9.87. The Hall–Kier alpha value is -2.60. The number of amides is 1.